The molecule has 0 saturated carbocycles. The number of hydrogen-bond donors (Lipinski definition) is 1. The van der Waals surface area contributed by atoms with Gasteiger partial charge in [0.15, 0.2) is 0 Å². The van der Waals surface area contributed by atoms with E-state index in [1.54, 1.807) is 4.90 Å². The predicted octanol–water partition coefficient (Wildman–Crippen LogP) is 2.88. The van der Waals surface area contributed by atoms with Gasteiger partial charge in [-0.2, -0.15) is 0 Å². The summed E-state index contributed by atoms with van der Waals surface area (Å²) in [6.07, 6.45) is 3.66. The summed E-state index contributed by atoms with van der Waals surface area (Å²) in [6, 6.07) is 3.03. The van der Waals surface area contributed by atoms with Crippen molar-refractivity contribution >= 4 is 11.8 Å². The maximum atomic E-state index is 13.7. The second kappa shape index (κ2) is 8.04. The first-order chi connectivity index (χ1) is 11.0. The minimum Gasteiger partial charge on any atom is -0.353 e. The number of rotatable bonds is 5. The zero-order chi connectivity index (χ0) is 16.8. The van der Waals surface area contributed by atoms with Crippen LogP contribution < -0.4 is 5.32 Å². The predicted molar refractivity (Wildman–Crippen MR) is 83.0 cm³/mol. The maximum Gasteiger partial charge on any atom is 0.256 e. The lowest BCUT2D eigenvalue weighted by Gasteiger charge is -2.32. The van der Waals surface area contributed by atoms with Crippen LogP contribution >= 0.6 is 0 Å². The minimum absolute atomic E-state index is 0.0428. The quantitative estimate of drug-likeness (QED) is 0.905. The van der Waals surface area contributed by atoms with Gasteiger partial charge in [-0.05, 0) is 31.4 Å². The molecule has 0 aliphatic carbocycles. The lowest BCUT2D eigenvalue weighted by molar-refractivity contribution is -0.122. The van der Waals surface area contributed by atoms with Gasteiger partial charge in [-0.25, -0.2) is 8.78 Å². The molecule has 2 amide bonds. The van der Waals surface area contributed by atoms with Crippen LogP contribution in [0.15, 0.2) is 18.2 Å². The largest absolute Gasteiger partial charge is 0.353 e. The summed E-state index contributed by atoms with van der Waals surface area (Å²) in [4.78, 5) is 25.5. The fourth-order valence-electron chi connectivity index (χ4n) is 2.70. The van der Waals surface area contributed by atoms with Crippen molar-refractivity contribution in [3.05, 3.63) is 35.4 Å². The molecule has 0 radical (unpaired) electrons. The second-order valence-electron chi connectivity index (χ2n) is 5.86. The fraction of sp³-hybridized carbons (Fsp3) is 0.529. The van der Waals surface area contributed by atoms with Crippen molar-refractivity contribution in [2.45, 2.75) is 45.1 Å². The van der Waals surface area contributed by atoms with Crippen LogP contribution in [0.3, 0.4) is 0 Å². The van der Waals surface area contributed by atoms with Crippen LogP contribution in [0, 0.1) is 11.6 Å². The Morgan fingerprint density at radius 2 is 1.96 bits per heavy atom. The van der Waals surface area contributed by atoms with Crippen LogP contribution in [-0.2, 0) is 4.79 Å². The summed E-state index contributed by atoms with van der Waals surface area (Å²) in [5.41, 5.74) is -0.114. The minimum atomic E-state index is -0.843. The lowest BCUT2D eigenvalue weighted by Crippen LogP contribution is -2.46. The van der Waals surface area contributed by atoms with Crippen LogP contribution in [0.2, 0.25) is 0 Å². The second-order valence-corrected chi connectivity index (χ2v) is 5.86. The summed E-state index contributed by atoms with van der Waals surface area (Å²) in [5, 5.41) is 2.97. The number of hydrogen-bond acceptors (Lipinski definition) is 2. The number of carbonyl (C=O) groups excluding carboxylic acids is 2. The van der Waals surface area contributed by atoms with Gasteiger partial charge in [0.25, 0.3) is 5.91 Å². The number of nitrogens with one attached hydrogen (secondary N) is 1. The Labute approximate surface area is 134 Å². The number of nitrogens with zero attached hydrogens (tertiary/aromatic N) is 1. The van der Waals surface area contributed by atoms with Crippen LogP contribution in [0.5, 0.6) is 0 Å². The molecule has 0 spiro atoms. The summed E-state index contributed by atoms with van der Waals surface area (Å²) < 4.78 is 26.6. The third-order valence-corrected chi connectivity index (χ3v) is 4.07. The standard InChI is InChI=1S/C17H22F2N2O2/c1-2-3-4-16(22)20-13-7-9-21(10-8-13)17(23)14-6-5-12(18)11-15(14)19/h5-6,11,13H,2-4,7-10H2,1H3,(H,20,22). The van der Waals surface area contributed by atoms with E-state index in [1.165, 1.54) is 6.07 Å². The Morgan fingerprint density at radius 1 is 1.26 bits per heavy atom. The van der Waals surface area contributed by atoms with Crippen molar-refractivity contribution in [3.8, 4) is 0 Å². The summed E-state index contributed by atoms with van der Waals surface area (Å²) in [7, 11) is 0. The molecule has 126 valence electrons. The smallest absolute Gasteiger partial charge is 0.256 e. The van der Waals surface area contributed by atoms with E-state index < -0.39 is 17.5 Å². The fourth-order valence-corrected chi connectivity index (χ4v) is 2.70. The molecule has 1 fully saturated rings. The number of carbonyl (C=O) groups is 2. The third-order valence-electron chi connectivity index (χ3n) is 4.07. The summed E-state index contributed by atoms with van der Waals surface area (Å²) in [5.74, 6) is -1.93. The SMILES string of the molecule is CCCCC(=O)NC1CCN(C(=O)c2ccc(F)cc2F)CC1. The van der Waals surface area contributed by atoms with Crippen molar-refractivity contribution in [1.82, 2.24) is 10.2 Å². The zero-order valence-corrected chi connectivity index (χ0v) is 13.3. The first kappa shape index (κ1) is 17.4. The summed E-state index contributed by atoms with van der Waals surface area (Å²) in [6.45, 7) is 2.94. The molecule has 2 rings (SSSR count). The molecule has 1 aliphatic rings. The average molecular weight is 324 g/mol. The van der Waals surface area contributed by atoms with Crippen molar-refractivity contribution in [3.63, 3.8) is 0 Å². The Balaban J connectivity index is 1.86. The highest BCUT2D eigenvalue weighted by Crippen LogP contribution is 2.17. The molecule has 0 atom stereocenters. The van der Waals surface area contributed by atoms with Gasteiger partial charge in [-0.3, -0.25) is 9.59 Å². The Bertz CT molecular complexity index is 570. The highest BCUT2D eigenvalue weighted by Gasteiger charge is 2.26. The first-order valence-corrected chi connectivity index (χ1v) is 8.05. The first-order valence-electron chi connectivity index (χ1n) is 8.05. The van der Waals surface area contributed by atoms with Crippen molar-refractivity contribution in [2.75, 3.05) is 13.1 Å². The van der Waals surface area contributed by atoms with E-state index in [0.29, 0.717) is 38.4 Å². The molecule has 4 nitrogen and oxygen atoms in total. The van der Waals surface area contributed by atoms with E-state index in [9.17, 15) is 18.4 Å². The Hall–Kier alpha value is -1.98. The monoisotopic (exact) mass is 324 g/mol. The molecule has 1 aromatic carbocycles. The molecule has 1 aliphatic heterocycles. The average Bonchev–Trinajstić information content (AvgIpc) is 2.53. The normalized spacial score (nSPS) is 15.5. The number of benzene rings is 1. The molecule has 0 unspecified atom stereocenters. The number of amides is 2. The molecule has 1 heterocycles. The van der Waals surface area contributed by atoms with Gasteiger partial charge in [-0.15, -0.1) is 0 Å². The highest BCUT2D eigenvalue weighted by molar-refractivity contribution is 5.94. The number of likely N-dealkylation sites (tertiary alicyclic amines) is 1. The van der Waals surface area contributed by atoms with E-state index in [2.05, 4.69) is 5.32 Å². The van der Waals surface area contributed by atoms with Crippen molar-refractivity contribution < 1.29 is 18.4 Å². The number of piperidine rings is 1. The molecule has 1 N–H and O–H groups in total. The van der Waals surface area contributed by atoms with Gasteiger partial charge in [0.1, 0.15) is 11.6 Å². The Morgan fingerprint density at radius 3 is 2.57 bits per heavy atom. The lowest BCUT2D eigenvalue weighted by atomic mass is 10.0. The number of unbranched alkanes of at least 4 members (excludes halogenated alkanes) is 1. The van der Waals surface area contributed by atoms with Crippen LogP contribution in [0.1, 0.15) is 49.4 Å². The van der Waals surface area contributed by atoms with E-state index in [0.717, 1.165) is 18.9 Å². The molecule has 23 heavy (non-hydrogen) atoms. The molecular weight excluding hydrogens is 302 g/mol. The van der Waals surface area contributed by atoms with E-state index >= 15 is 0 Å². The molecule has 6 heteroatoms. The van der Waals surface area contributed by atoms with E-state index in [1.807, 2.05) is 6.92 Å². The van der Waals surface area contributed by atoms with Crippen LogP contribution in [0.4, 0.5) is 8.78 Å². The molecule has 0 bridgehead atoms. The maximum absolute atomic E-state index is 13.7. The van der Waals surface area contributed by atoms with Gasteiger partial charge >= 0.3 is 0 Å². The molecule has 0 aromatic heterocycles. The highest BCUT2D eigenvalue weighted by atomic mass is 19.1. The van der Waals surface area contributed by atoms with Gasteiger partial charge < -0.3 is 10.2 Å². The number of halogens is 2. The zero-order valence-electron chi connectivity index (χ0n) is 13.3. The van der Waals surface area contributed by atoms with Gasteiger partial charge in [0.2, 0.25) is 5.91 Å². The van der Waals surface area contributed by atoms with Crippen molar-refractivity contribution in [1.29, 1.82) is 0 Å². The third kappa shape index (κ3) is 4.74. The molecular formula is C17H22F2N2O2. The van der Waals surface area contributed by atoms with Gasteiger partial charge in [0, 0.05) is 31.6 Å². The van der Waals surface area contributed by atoms with E-state index in [-0.39, 0.29) is 17.5 Å². The summed E-state index contributed by atoms with van der Waals surface area (Å²) >= 11 is 0. The van der Waals surface area contributed by atoms with Crippen LogP contribution in [0.25, 0.3) is 0 Å². The van der Waals surface area contributed by atoms with Gasteiger partial charge in [-0.1, -0.05) is 13.3 Å². The Kier molecular flexibility index (Phi) is 6.07. The topological polar surface area (TPSA) is 49.4 Å². The van der Waals surface area contributed by atoms with E-state index in [4.69, 9.17) is 0 Å². The molecule has 1 aromatic rings. The van der Waals surface area contributed by atoms with Crippen molar-refractivity contribution in [2.24, 2.45) is 0 Å². The van der Waals surface area contributed by atoms with Gasteiger partial charge in [0.05, 0.1) is 5.56 Å². The molecule has 1 saturated heterocycles. The van der Waals surface area contributed by atoms with Crippen LogP contribution in [-0.4, -0.2) is 35.8 Å².